The summed E-state index contributed by atoms with van der Waals surface area (Å²) < 4.78 is 95.2. The van der Waals surface area contributed by atoms with Crippen LogP contribution in [0.2, 0.25) is 0 Å². The van der Waals surface area contributed by atoms with E-state index in [9.17, 15) is 63.5 Å². The topological polar surface area (TPSA) is 342 Å². The number of imide groups is 1. The second-order valence-corrected chi connectivity index (χ2v) is 15.8. The van der Waals surface area contributed by atoms with Gasteiger partial charge in [-0.3, -0.25) is 44.1 Å². The molecule has 0 bridgehead atoms. The number of aliphatic imine (C=N–C) groups is 1. The van der Waals surface area contributed by atoms with Gasteiger partial charge in [0, 0.05) is 13.5 Å². The molecule has 0 spiro atoms. The number of benzene rings is 2. The lowest BCUT2D eigenvalue weighted by molar-refractivity contribution is -0.193. The molecule has 21 nitrogen and oxygen atoms in total. The van der Waals surface area contributed by atoms with E-state index in [1.165, 1.54) is 6.92 Å². The normalized spacial score (nSPS) is 14.4. The van der Waals surface area contributed by atoms with Crippen LogP contribution in [0.1, 0.15) is 75.1 Å². The monoisotopic (exact) mass is 1060 g/mol. The molecule has 30 heteroatoms. The standard InChI is InChI=1S/C37H54N10O5.3C2HF3O2/c1-25(48)43-30(13-8-19-38)36(52)45-35(51)29(14-9-21-42-37(39)40)41-20-7-6-10-26-17-22-46(23-18-26)24-33(49)47-31-15-4-2-11-27(31)34(50)44-28-12-3-5-16-32(28)47;3*3-2(4,5)1(6)7/h2-5,11-12,15-16,26,29-30,41H,6-10,13-14,17-24,38H2,1H3,(H,43,48)(H,44,50)(H4,39,40,42)(H,45,51,52);3*(H,6,7)/t29-,30+;;;/m0.../s1. The number of alkyl halides is 9. The number of anilines is 3. The van der Waals surface area contributed by atoms with Crippen molar-refractivity contribution in [3.63, 3.8) is 0 Å². The van der Waals surface area contributed by atoms with E-state index < -0.39 is 60.3 Å². The summed E-state index contributed by atoms with van der Waals surface area (Å²) in [6, 6.07) is 13.1. The fraction of sp³-hybridized carbons (Fsp3) is 0.512. The van der Waals surface area contributed by atoms with Gasteiger partial charge in [0.2, 0.25) is 23.6 Å². The summed E-state index contributed by atoms with van der Waals surface area (Å²) in [6.07, 6.45) is -8.66. The molecule has 0 aliphatic carbocycles. The van der Waals surface area contributed by atoms with E-state index in [2.05, 4.69) is 31.2 Å². The van der Waals surface area contributed by atoms with Crippen LogP contribution >= 0.6 is 0 Å². The van der Waals surface area contributed by atoms with E-state index in [1.807, 2.05) is 36.4 Å². The number of nitrogens with two attached hydrogens (primary N) is 3. The molecule has 5 amide bonds. The van der Waals surface area contributed by atoms with Gasteiger partial charge in [0.1, 0.15) is 6.04 Å². The molecule has 2 aliphatic rings. The molecule has 2 aromatic rings. The number of carboxylic acids is 3. The van der Waals surface area contributed by atoms with Gasteiger partial charge in [-0.25, -0.2) is 14.4 Å². The zero-order valence-corrected chi connectivity index (χ0v) is 39.0. The molecule has 2 aromatic carbocycles. The van der Waals surface area contributed by atoms with Crippen molar-refractivity contribution in [3.05, 3.63) is 54.1 Å². The van der Waals surface area contributed by atoms with Gasteiger partial charge in [-0.2, -0.15) is 39.5 Å². The van der Waals surface area contributed by atoms with Crippen LogP contribution in [0.4, 0.5) is 56.6 Å². The van der Waals surface area contributed by atoms with Crippen molar-refractivity contribution < 1.29 is 93.2 Å². The van der Waals surface area contributed by atoms with Crippen LogP contribution in [0, 0.1) is 5.92 Å². The smallest absolute Gasteiger partial charge is 0.475 e. The number of halogens is 9. The number of unbranched alkanes of at least 4 members (excludes halogenated alkanes) is 1. The first kappa shape index (κ1) is 63.9. The molecule has 1 fully saturated rings. The molecule has 0 radical (unpaired) electrons. The predicted molar refractivity (Wildman–Crippen MR) is 243 cm³/mol. The maximum atomic E-state index is 13.8. The molecule has 0 saturated carbocycles. The average molecular weight is 1060 g/mol. The van der Waals surface area contributed by atoms with Crippen LogP contribution in [0.5, 0.6) is 0 Å². The van der Waals surface area contributed by atoms with Crippen LogP contribution in [0.25, 0.3) is 0 Å². The molecule has 13 N–H and O–H groups in total. The third-order valence-electron chi connectivity index (χ3n) is 10.2. The summed E-state index contributed by atoms with van der Waals surface area (Å²) in [5.41, 5.74) is 18.8. The van der Waals surface area contributed by atoms with E-state index in [-0.39, 0.29) is 30.2 Å². The van der Waals surface area contributed by atoms with Crippen molar-refractivity contribution in [1.29, 1.82) is 0 Å². The molecule has 4 rings (SSSR count). The Kier molecular flexibility index (Phi) is 26.9. The van der Waals surface area contributed by atoms with Gasteiger partial charge in [-0.15, -0.1) is 0 Å². The van der Waals surface area contributed by atoms with Crippen molar-refractivity contribution in [1.82, 2.24) is 20.9 Å². The number of rotatable bonds is 18. The molecular formula is C43H57F9N10O11. The first-order chi connectivity index (χ1) is 33.9. The number of nitrogens with zero attached hydrogens (tertiary/aromatic N) is 3. The van der Waals surface area contributed by atoms with Crippen LogP contribution in [0.15, 0.2) is 53.5 Å². The fourth-order valence-corrected chi connectivity index (χ4v) is 6.71. The predicted octanol–water partition coefficient (Wildman–Crippen LogP) is 3.60. The number of carbonyl (C=O) groups excluding carboxylic acids is 5. The highest BCUT2D eigenvalue weighted by Gasteiger charge is 2.40. The molecule has 2 atom stereocenters. The molecular weight excluding hydrogens is 1000 g/mol. The summed E-state index contributed by atoms with van der Waals surface area (Å²) >= 11 is 0. The summed E-state index contributed by atoms with van der Waals surface area (Å²) in [4.78, 5) is 98.9. The Bertz CT molecular complexity index is 2150. The zero-order valence-electron chi connectivity index (χ0n) is 39.0. The second-order valence-electron chi connectivity index (χ2n) is 15.8. The number of amides is 5. The quantitative estimate of drug-likeness (QED) is 0.0441. The third-order valence-corrected chi connectivity index (χ3v) is 10.2. The number of fused-ring (bicyclic) bond motifs is 2. The van der Waals surface area contributed by atoms with Crippen molar-refractivity contribution in [2.24, 2.45) is 28.1 Å². The van der Waals surface area contributed by atoms with E-state index >= 15 is 0 Å². The molecule has 2 aliphatic heterocycles. The molecule has 408 valence electrons. The van der Waals surface area contributed by atoms with E-state index in [0.717, 1.165) is 45.2 Å². The third kappa shape index (κ3) is 24.7. The number of piperidine rings is 1. The largest absolute Gasteiger partial charge is 0.490 e. The van der Waals surface area contributed by atoms with Crippen molar-refractivity contribution in [2.45, 2.75) is 95.3 Å². The number of guanidine groups is 1. The molecule has 73 heavy (non-hydrogen) atoms. The number of aliphatic carboxylic acids is 3. The Morgan fingerprint density at radius 3 is 1.74 bits per heavy atom. The summed E-state index contributed by atoms with van der Waals surface area (Å²) in [6.45, 7) is 4.48. The van der Waals surface area contributed by atoms with Crippen LogP contribution in [-0.4, -0.2) is 144 Å². The van der Waals surface area contributed by atoms with Crippen molar-refractivity contribution >= 4 is 70.5 Å². The average Bonchev–Trinajstić information content (AvgIpc) is 3.41. The van der Waals surface area contributed by atoms with Gasteiger partial charge in [0.25, 0.3) is 5.91 Å². The molecule has 1 saturated heterocycles. The molecule has 0 aromatic heterocycles. The summed E-state index contributed by atoms with van der Waals surface area (Å²) in [7, 11) is 0. The Morgan fingerprint density at radius 1 is 0.740 bits per heavy atom. The van der Waals surface area contributed by atoms with E-state index in [1.54, 1.807) is 17.0 Å². The number of nitrogens with one attached hydrogen (secondary N) is 4. The summed E-state index contributed by atoms with van der Waals surface area (Å²) in [5.74, 6) is -9.48. The number of likely N-dealkylation sites (tertiary alicyclic amines) is 1. The van der Waals surface area contributed by atoms with Gasteiger partial charge in [0.05, 0.1) is 35.2 Å². The van der Waals surface area contributed by atoms with Crippen molar-refractivity contribution in [2.75, 3.05) is 49.5 Å². The Labute approximate surface area is 411 Å². The number of para-hydroxylation sites is 3. The van der Waals surface area contributed by atoms with E-state index in [4.69, 9.17) is 46.9 Å². The van der Waals surface area contributed by atoms with Gasteiger partial charge in [-0.1, -0.05) is 37.1 Å². The van der Waals surface area contributed by atoms with Gasteiger partial charge < -0.3 is 48.5 Å². The Hall–Kier alpha value is -7.08. The van der Waals surface area contributed by atoms with Gasteiger partial charge >= 0.3 is 36.4 Å². The lowest BCUT2D eigenvalue weighted by Crippen LogP contribution is -2.53. The number of carboxylic acid groups (broad SMARTS) is 3. The first-order valence-corrected chi connectivity index (χ1v) is 22.0. The van der Waals surface area contributed by atoms with Crippen LogP contribution in [-0.2, 0) is 33.6 Å². The maximum Gasteiger partial charge on any atom is 0.490 e. The number of hydrogen-bond donors (Lipinski definition) is 10. The van der Waals surface area contributed by atoms with Gasteiger partial charge in [-0.05, 0) is 101 Å². The Morgan fingerprint density at radius 2 is 1.23 bits per heavy atom. The highest BCUT2D eigenvalue weighted by atomic mass is 19.4. The highest BCUT2D eigenvalue weighted by Crippen LogP contribution is 2.38. The Balaban J connectivity index is 0.00000106. The van der Waals surface area contributed by atoms with Crippen LogP contribution < -0.4 is 43.4 Å². The number of carbonyl (C=O) groups is 8. The maximum absolute atomic E-state index is 13.8. The lowest BCUT2D eigenvalue weighted by atomic mass is 9.91. The van der Waals surface area contributed by atoms with Gasteiger partial charge in [0.15, 0.2) is 5.96 Å². The minimum atomic E-state index is -5.08. The first-order valence-electron chi connectivity index (χ1n) is 22.0. The zero-order chi connectivity index (χ0) is 55.7. The fourth-order valence-electron chi connectivity index (χ4n) is 6.71. The second kappa shape index (κ2) is 30.7. The minimum absolute atomic E-state index is 0.0242. The van der Waals surface area contributed by atoms with E-state index in [0.29, 0.717) is 73.9 Å². The lowest BCUT2D eigenvalue weighted by Gasteiger charge is -2.33. The highest BCUT2D eigenvalue weighted by molar-refractivity contribution is 6.18. The molecule has 0 unspecified atom stereocenters. The van der Waals surface area contributed by atoms with Crippen LogP contribution in [0.3, 0.4) is 0 Å². The minimum Gasteiger partial charge on any atom is -0.475 e. The summed E-state index contributed by atoms with van der Waals surface area (Å²) in [5, 5.41) is 32.7. The van der Waals surface area contributed by atoms with Crippen molar-refractivity contribution in [3.8, 4) is 0 Å². The SMILES string of the molecule is CC(=O)N[C@H](CCCN)C(=O)NC(=O)[C@H](CCCN=C(N)N)NCCCCC1CCN(CC(=O)N2c3ccccc3NC(=O)c3ccccc32)CC1.O=C(O)C(F)(F)F.O=C(O)C(F)(F)F.O=C(O)C(F)(F)F. The molecule has 2 heterocycles. The number of hydrogen-bond acceptors (Lipinski definition) is 12.